The number of amides is 3. The van der Waals surface area contributed by atoms with Crippen molar-refractivity contribution in [2.24, 2.45) is 11.3 Å². The van der Waals surface area contributed by atoms with Crippen LogP contribution in [0.4, 0.5) is 16.2 Å². The highest BCUT2D eigenvalue weighted by atomic mass is 16.6. The maximum absolute atomic E-state index is 13.1. The Balaban J connectivity index is 0.868. The van der Waals surface area contributed by atoms with E-state index in [1.807, 2.05) is 28.0 Å². The molecule has 0 radical (unpaired) electrons. The monoisotopic (exact) mass is 591 g/mol. The maximum Gasteiger partial charge on any atom is 0.320 e. The van der Waals surface area contributed by atoms with Gasteiger partial charge in [-0.05, 0) is 59.6 Å². The molecule has 3 saturated heterocycles. The van der Waals surface area contributed by atoms with Gasteiger partial charge in [0, 0.05) is 44.2 Å². The number of nitrogens with zero attached hydrogens (tertiary/aromatic N) is 5. The number of carbonyl (C=O) groups excluding carboxylic acids is 2. The quantitative estimate of drug-likeness (QED) is 0.226. The minimum absolute atomic E-state index is 0.00180. The molecule has 1 aromatic heterocycles. The van der Waals surface area contributed by atoms with Crippen molar-refractivity contribution in [2.75, 3.05) is 51.3 Å². The van der Waals surface area contributed by atoms with E-state index in [0.717, 1.165) is 50.1 Å². The third-order valence-electron chi connectivity index (χ3n) is 9.11. The van der Waals surface area contributed by atoms with E-state index < -0.39 is 4.92 Å². The standard InChI is InChI=1S/C29H33N7O7/c37-25-15-42-24-7-9-34(14-21(24)31-25)28(38)35-16-29(17-35)12-18(13-29)11-19-3-1-2-4-23(19)41-10-8-30-20-5-6-22(36(39)40)27-26(20)32-43-33-27/h1-6,18,21,24,30H,7-17H2,(H,31,37)/t21-,24+/m1/s1. The summed E-state index contributed by atoms with van der Waals surface area (Å²) in [6.45, 7) is 3.69. The number of anilines is 1. The van der Waals surface area contributed by atoms with Gasteiger partial charge < -0.3 is 29.9 Å². The van der Waals surface area contributed by atoms with E-state index in [0.29, 0.717) is 43.4 Å². The number of nitro benzene ring substituents is 1. The second-order valence-corrected chi connectivity index (χ2v) is 12.1. The lowest BCUT2D eigenvalue weighted by atomic mass is 9.56. The number of hydrogen-bond acceptors (Lipinski definition) is 10. The largest absolute Gasteiger partial charge is 0.491 e. The molecule has 4 aliphatic rings. The molecule has 7 rings (SSSR count). The van der Waals surface area contributed by atoms with Crippen LogP contribution in [0.5, 0.6) is 5.75 Å². The Labute approximate surface area is 246 Å². The lowest BCUT2D eigenvalue weighted by Crippen LogP contribution is -2.68. The van der Waals surface area contributed by atoms with Crippen molar-refractivity contribution in [2.45, 2.75) is 37.8 Å². The topological polar surface area (TPSA) is 165 Å². The maximum atomic E-state index is 13.1. The number of urea groups is 1. The van der Waals surface area contributed by atoms with E-state index in [1.165, 1.54) is 6.07 Å². The van der Waals surface area contributed by atoms with Crippen molar-refractivity contribution in [3.8, 4) is 5.75 Å². The highest BCUT2D eigenvalue weighted by Crippen LogP contribution is 2.53. The van der Waals surface area contributed by atoms with E-state index in [-0.39, 0.29) is 47.3 Å². The van der Waals surface area contributed by atoms with Crippen molar-refractivity contribution >= 4 is 34.3 Å². The summed E-state index contributed by atoms with van der Waals surface area (Å²) in [5, 5.41) is 24.8. The summed E-state index contributed by atoms with van der Waals surface area (Å²) in [6, 6.07) is 11.0. The highest BCUT2D eigenvalue weighted by Gasteiger charge is 2.54. The molecule has 226 valence electrons. The first kappa shape index (κ1) is 27.4. The summed E-state index contributed by atoms with van der Waals surface area (Å²) in [5.74, 6) is 1.27. The molecule has 0 unspecified atom stereocenters. The SMILES string of the molecule is O=C1CO[C@H]2CCN(C(=O)N3CC4(CC(Cc5ccccc5OCCNc5ccc([N+](=O)[O-])c6nonc56)C4)C3)C[C@H]2N1. The Morgan fingerprint density at radius 3 is 2.81 bits per heavy atom. The Morgan fingerprint density at radius 1 is 1.16 bits per heavy atom. The smallest absolute Gasteiger partial charge is 0.320 e. The fourth-order valence-electron chi connectivity index (χ4n) is 7.15. The zero-order valence-electron chi connectivity index (χ0n) is 23.6. The molecule has 3 aliphatic heterocycles. The van der Waals surface area contributed by atoms with E-state index in [9.17, 15) is 19.7 Å². The number of benzene rings is 2. The molecule has 2 atom stereocenters. The first-order valence-corrected chi connectivity index (χ1v) is 14.7. The lowest BCUT2D eigenvalue weighted by Gasteiger charge is -2.60. The number of fused-ring (bicyclic) bond motifs is 2. The summed E-state index contributed by atoms with van der Waals surface area (Å²) in [7, 11) is 0. The summed E-state index contributed by atoms with van der Waals surface area (Å²) < 4.78 is 16.4. The number of nitrogens with one attached hydrogen (secondary N) is 2. The van der Waals surface area contributed by atoms with E-state index >= 15 is 0 Å². The zero-order chi connectivity index (χ0) is 29.6. The summed E-state index contributed by atoms with van der Waals surface area (Å²) in [5.41, 5.74) is 2.22. The number of aromatic nitrogens is 2. The Bertz CT molecular complexity index is 1550. The summed E-state index contributed by atoms with van der Waals surface area (Å²) in [4.78, 5) is 39.3. The molecule has 3 amide bonds. The van der Waals surface area contributed by atoms with Crippen LogP contribution in [0.15, 0.2) is 41.0 Å². The first-order valence-electron chi connectivity index (χ1n) is 14.7. The second-order valence-electron chi connectivity index (χ2n) is 12.1. The fourth-order valence-corrected chi connectivity index (χ4v) is 7.15. The Morgan fingerprint density at radius 2 is 1.98 bits per heavy atom. The predicted molar refractivity (Wildman–Crippen MR) is 153 cm³/mol. The molecule has 2 N–H and O–H groups in total. The first-order chi connectivity index (χ1) is 20.9. The molecular weight excluding hydrogens is 558 g/mol. The normalized spacial score (nSPS) is 22.8. The minimum atomic E-state index is -0.514. The van der Waals surface area contributed by atoms with Gasteiger partial charge in [-0.2, -0.15) is 0 Å². The number of non-ortho nitro benzene ring substituents is 1. The van der Waals surface area contributed by atoms with Crippen LogP contribution in [0.1, 0.15) is 24.8 Å². The zero-order valence-corrected chi connectivity index (χ0v) is 23.6. The van der Waals surface area contributed by atoms with Gasteiger partial charge in [0.1, 0.15) is 19.0 Å². The van der Waals surface area contributed by atoms with Gasteiger partial charge in [-0.3, -0.25) is 14.9 Å². The number of para-hydroxylation sites is 1. The summed E-state index contributed by atoms with van der Waals surface area (Å²) in [6.07, 6.45) is 3.83. The van der Waals surface area contributed by atoms with Crippen molar-refractivity contribution in [3.63, 3.8) is 0 Å². The number of rotatable bonds is 8. The molecule has 14 heteroatoms. The van der Waals surface area contributed by atoms with Crippen LogP contribution in [0.25, 0.3) is 11.0 Å². The van der Waals surface area contributed by atoms with Gasteiger partial charge in [-0.1, -0.05) is 18.2 Å². The van der Waals surface area contributed by atoms with Crippen LogP contribution in [0.2, 0.25) is 0 Å². The van der Waals surface area contributed by atoms with E-state index in [4.69, 9.17) is 14.1 Å². The molecule has 2 aromatic carbocycles. The molecular formula is C29H33N7O7. The van der Waals surface area contributed by atoms with Gasteiger partial charge in [0.2, 0.25) is 11.4 Å². The molecule has 4 fully saturated rings. The lowest BCUT2D eigenvalue weighted by molar-refractivity contribution is -0.383. The van der Waals surface area contributed by atoms with Crippen LogP contribution < -0.4 is 15.4 Å². The third kappa shape index (κ3) is 5.31. The van der Waals surface area contributed by atoms with Crippen molar-refractivity contribution < 1.29 is 28.6 Å². The van der Waals surface area contributed by atoms with Crippen LogP contribution in [-0.4, -0.2) is 95.1 Å². The van der Waals surface area contributed by atoms with Crippen LogP contribution in [-0.2, 0) is 16.0 Å². The van der Waals surface area contributed by atoms with Crippen molar-refractivity contribution in [3.05, 3.63) is 52.1 Å². The number of nitro groups is 1. The van der Waals surface area contributed by atoms with E-state index in [2.05, 4.69) is 27.0 Å². The van der Waals surface area contributed by atoms with Crippen LogP contribution in [0, 0.1) is 21.4 Å². The van der Waals surface area contributed by atoms with Gasteiger partial charge >= 0.3 is 11.7 Å². The number of carbonyl (C=O) groups is 2. The Hall–Kier alpha value is -4.46. The molecule has 4 heterocycles. The second kappa shape index (κ2) is 11.0. The molecule has 0 bridgehead atoms. The van der Waals surface area contributed by atoms with Gasteiger partial charge in [-0.25, -0.2) is 9.42 Å². The average molecular weight is 592 g/mol. The van der Waals surface area contributed by atoms with Gasteiger partial charge in [-0.15, -0.1) is 0 Å². The van der Waals surface area contributed by atoms with Crippen LogP contribution in [0.3, 0.4) is 0 Å². The molecule has 3 aromatic rings. The minimum Gasteiger partial charge on any atom is -0.491 e. The van der Waals surface area contributed by atoms with E-state index in [1.54, 1.807) is 6.07 Å². The van der Waals surface area contributed by atoms with Crippen molar-refractivity contribution in [1.82, 2.24) is 25.4 Å². The van der Waals surface area contributed by atoms with Crippen LogP contribution >= 0.6 is 0 Å². The fraction of sp³-hybridized carbons (Fsp3) is 0.517. The van der Waals surface area contributed by atoms with Gasteiger partial charge in [0.05, 0.1) is 22.8 Å². The molecule has 1 saturated carbocycles. The number of hydrogen-bond donors (Lipinski definition) is 2. The number of piperidine rings is 1. The molecule has 14 nitrogen and oxygen atoms in total. The predicted octanol–water partition coefficient (Wildman–Crippen LogP) is 2.59. The number of morpholine rings is 1. The van der Waals surface area contributed by atoms with Gasteiger partial charge in [0.25, 0.3) is 0 Å². The molecule has 1 spiro atoms. The number of ether oxygens (including phenoxy) is 2. The van der Waals surface area contributed by atoms with Gasteiger partial charge in [0.15, 0.2) is 5.52 Å². The highest BCUT2D eigenvalue weighted by molar-refractivity contribution is 5.93. The molecule has 1 aliphatic carbocycles. The Kier molecular flexibility index (Phi) is 7.00. The summed E-state index contributed by atoms with van der Waals surface area (Å²) >= 11 is 0. The molecule has 43 heavy (non-hydrogen) atoms. The number of likely N-dealkylation sites (tertiary alicyclic amines) is 2. The average Bonchev–Trinajstić information content (AvgIpc) is 3.46. The third-order valence-corrected chi connectivity index (χ3v) is 9.11. The van der Waals surface area contributed by atoms with Crippen molar-refractivity contribution in [1.29, 1.82) is 0 Å².